The van der Waals surface area contributed by atoms with Crippen molar-refractivity contribution in [2.75, 3.05) is 0 Å². The number of hydrogen-bond acceptors (Lipinski definition) is 0. The molecular formula is C14H26F4. The van der Waals surface area contributed by atoms with E-state index in [0.29, 0.717) is 0 Å². The molecule has 0 aromatic rings. The summed E-state index contributed by atoms with van der Waals surface area (Å²) >= 11 is 0. The van der Waals surface area contributed by atoms with Gasteiger partial charge in [0.15, 0.2) is 0 Å². The maximum Gasteiger partial charge on any atom is 0.144 e. The Morgan fingerprint density at radius 2 is 1.22 bits per heavy atom. The zero-order chi connectivity index (χ0) is 14.9. The van der Waals surface area contributed by atoms with Crippen molar-refractivity contribution in [3.8, 4) is 0 Å². The third-order valence-corrected chi connectivity index (χ3v) is 4.88. The minimum absolute atomic E-state index is 0.487. The average molecular weight is 270 g/mol. The van der Waals surface area contributed by atoms with E-state index in [9.17, 15) is 17.6 Å². The van der Waals surface area contributed by atoms with E-state index in [0.717, 1.165) is 13.8 Å². The second-order valence-corrected chi connectivity index (χ2v) is 6.18. The van der Waals surface area contributed by atoms with Gasteiger partial charge in [0, 0.05) is 5.41 Å². The van der Waals surface area contributed by atoms with Crippen LogP contribution in [0.1, 0.15) is 48.5 Å². The molecule has 0 aliphatic heterocycles. The summed E-state index contributed by atoms with van der Waals surface area (Å²) in [6.07, 6.45) is -4.93. The zero-order valence-electron chi connectivity index (χ0n) is 12.4. The molecule has 0 saturated carbocycles. The van der Waals surface area contributed by atoms with Crippen LogP contribution in [0.25, 0.3) is 0 Å². The molecule has 0 radical (unpaired) electrons. The summed E-state index contributed by atoms with van der Waals surface area (Å²) in [5, 5.41) is 0. The molecule has 0 N–H and O–H groups in total. The van der Waals surface area contributed by atoms with Gasteiger partial charge in [-0.1, -0.05) is 27.7 Å². The van der Waals surface area contributed by atoms with Gasteiger partial charge in [0.1, 0.15) is 24.2 Å². The van der Waals surface area contributed by atoms with Gasteiger partial charge in [-0.05, 0) is 32.6 Å². The summed E-state index contributed by atoms with van der Waals surface area (Å²) in [6, 6.07) is 0. The van der Waals surface area contributed by atoms with Gasteiger partial charge in [0.25, 0.3) is 0 Å². The van der Waals surface area contributed by atoms with Crippen molar-refractivity contribution < 1.29 is 17.6 Å². The predicted octanol–water partition coefficient (Wildman–Crippen LogP) is 5.07. The normalized spacial score (nSPS) is 24.8. The lowest BCUT2D eigenvalue weighted by molar-refractivity contribution is -0.0839. The Bertz CT molecular complexity index is 259. The Kier molecular flexibility index (Phi) is 5.70. The molecule has 0 nitrogen and oxygen atoms in total. The first kappa shape index (κ1) is 17.7. The van der Waals surface area contributed by atoms with Crippen LogP contribution in [0.2, 0.25) is 0 Å². The van der Waals surface area contributed by atoms with Gasteiger partial charge < -0.3 is 0 Å². The lowest BCUT2D eigenvalue weighted by atomic mass is 9.62. The van der Waals surface area contributed by atoms with Crippen molar-refractivity contribution in [1.82, 2.24) is 0 Å². The third kappa shape index (κ3) is 3.18. The van der Waals surface area contributed by atoms with Crippen molar-refractivity contribution in [2.45, 2.75) is 72.6 Å². The highest BCUT2D eigenvalue weighted by atomic mass is 19.2. The van der Waals surface area contributed by atoms with E-state index in [1.54, 1.807) is 27.7 Å². The lowest BCUT2D eigenvalue weighted by Crippen LogP contribution is -2.51. The Labute approximate surface area is 108 Å². The summed E-state index contributed by atoms with van der Waals surface area (Å²) in [5.74, 6) is -1.16. The first-order chi connectivity index (χ1) is 7.87. The fourth-order valence-corrected chi connectivity index (χ4v) is 2.31. The molecule has 0 aromatic heterocycles. The van der Waals surface area contributed by atoms with Crippen molar-refractivity contribution in [1.29, 1.82) is 0 Å². The molecule has 0 bridgehead atoms. The third-order valence-electron chi connectivity index (χ3n) is 4.88. The number of alkyl halides is 4. The second kappa shape index (κ2) is 5.79. The smallest absolute Gasteiger partial charge is 0.144 e. The molecule has 18 heavy (non-hydrogen) atoms. The number of halogens is 4. The van der Waals surface area contributed by atoms with Crippen molar-refractivity contribution in [3.63, 3.8) is 0 Å². The highest BCUT2D eigenvalue weighted by molar-refractivity contribution is 4.99. The van der Waals surface area contributed by atoms with Gasteiger partial charge in [-0.2, -0.15) is 0 Å². The van der Waals surface area contributed by atoms with E-state index in [-0.39, 0.29) is 0 Å². The van der Waals surface area contributed by atoms with Crippen LogP contribution < -0.4 is 0 Å². The largest absolute Gasteiger partial charge is 0.245 e. The van der Waals surface area contributed by atoms with E-state index in [1.807, 2.05) is 0 Å². The van der Waals surface area contributed by atoms with E-state index >= 15 is 0 Å². The summed E-state index contributed by atoms with van der Waals surface area (Å²) in [5.41, 5.74) is -3.17. The summed E-state index contributed by atoms with van der Waals surface area (Å²) in [6.45, 7) is 9.83. The van der Waals surface area contributed by atoms with Gasteiger partial charge in [-0.15, -0.1) is 0 Å². The van der Waals surface area contributed by atoms with Crippen molar-refractivity contribution in [2.24, 2.45) is 17.3 Å². The topological polar surface area (TPSA) is 0 Å². The molecule has 0 aliphatic rings. The minimum Gasteiger partial charge on any atom is -0.245 e. The van der Waals surface area contributed by atoms with Crippen LogP contribution in [0.5, 0.6) is 0 Å². The lowest BCUT2D eigenvalue weighted by Gasteiger charge is -2.46. The van der Waals surface area contributed by atoms with Gasteiger partial charge in [-0.3, -0.25) is 0 Å². The molecule has 6 atom stereocenters. The summed E-state index contributed by atoms with van der Waals surface area (Å²) < 4.78 is 54.6. The van der Waals surface area contributed by atoms with Crippen LogP contribution >= 0.6 is 0 Å². The van der Waals surface area contributed by atoms with Gasteiger partial charge in [-0.25, -0.2) is 17.6 Å². The maximum absolute atomic E-state index is 14.5. The van der Waals surface area contributed by atoms with Gasteiger partial charge >= 0.3 is 0 Å². The fraction of sp³-hybridized carbons (Fsp3) is 1.00. The summed E-state index contributed by atoms with van der Waals surface area (Å²) in [7, 11) is 0. The first-order valence-corrected chi connectivity index (χ1v) is 6.48. The molecule has 0 aromatic carbocycles. The molecule has 0 heterocycles. The minimum atomic E-state index is -2.08. The standard InChI is InChI=1S/C14H26F4/c1-8(12(17)10(3)15)9(2)13(5,6)14(7,18)11(4)16/h8-12H,1-7H3/t8?,9?,10?,11-,12?,14?/m0/s1. The van der Waals surface area contributed by atoms with Crippen LogP contribution in [-0.4, -0.2) is 24.2 Å². The van der Waals surface area contributed by atoms with Crippen LogP contribution in [-0.2, 0) is 0 Å². The van der Waals surface area contributed by atoms with Crippen LogP contribution in [0, 0.1) is 17.3 Å². The SMILES string of the molecule is CC(F)C(F)C(C)C(C)C(C)(C)C(C)(F)[C@H](C)F. The number of rotatable bonds is 6. The predicted molar refractivity (Wildman–Crippen MR) is 67.7 cm³/mol. The maximum atomic E-state index is 14.5. The van der Waals surface area contributed by atoms with Crippen molar-refractivity contribution >= 4 is 0 Å². The van der Waals surface area contributed by atoms with E-state index in [1.165, 1.54) is 6.92 Å². The second-order valence-electron chi connectivity index (χ2n) is 6.18. The Morgan fingerprint density at radius 3 is 1.50 bits per heavy atom. The van der Waals surface area contributed by atoms with Crippen LogP contribution in [0.15, 0.2) is 0 Å². The zero-order valence-corrected chi connectivity index (χ0v) is 12.4. The molecule has 0 spiro atoms. The molecule has 0 saturated heterocycles. The Hall–Kier alpha value is -0.280. The number of hydrogen-bond donors (Lipinski definition) is 0. The molecule has 0 fully saturated rings. The van der Waals surface area contributed by atoms with Gasteiger partial charge in [0.05, 0.1) is 0 Å². The summed E-state index contributed by atoms with van der Waals surface area (Å²) in [4.78, 5) is 0. The quantitative estimate of drug-likeness (QED) is 0.591. The highest BCUT2D eigenvalue weighted by Crippen LogP contribution is 2.47. The van der Waals surface area contributed by atoms with Crippen molar-refractivity contribution in [3.05, 3.63) is 0 Å². The van der Waals surface area contributed by atoms with Crippen LogP contribution in [0.3, 0.4) is 0 Å². The molecular weight excluding hydrogens is 244 g/mol. The monoisotopic (exact) mass is 270 g/mol. The molecule has 5 unspecified atom stereocenters. The molecule has 0 rings (SSSR count). The molecule has 4 heteroatoms. The van der Waals surface area contributed by atoms with E-state index in [4.69, 9.17) is 0 Å². The average Bonchev–Trinajstić information content (AvgIpc) is 2.25. The molecule has 110 valence electrons. The fourth-order valence-electron chi connectivity index (χ4n) is 2.31. The molecule has 0 aliphatic carbocycles. The van der Waals surface area contributed by atoms with E-state index < -0.39 is 41.4 Å². The van der Waals surface area contributed by atoms with Crippen LogP contribution in [0.4, 0.5) is 17.6 Å². The first-order valence-electron chi connectivity index (χ1n) is 6.48. The Morgan fingerprint density at radius 1 is 0.833 bits per heavy atom. The Balaban J connectivity index is 5.13. The highest BCUT2D eigenvalue weighted by Gasteiger charge is 2.51. The van der Waals surface area contributed by atoms with Gasteiger partial charge in [0.2, 0.25) is 0 Å². The van der Waals surface area contributed by atoms with E-state index in [2.05, 4.69) is 0 Å². The molecule has 0 amide bonds.